The van der Waals surface area contributed by atoms with Crippen LogP contribution >= 0.6 is 11.6 Å². The summed E-state index contributed by atoms with van der Waals surface area (Å²) in [5, 5.41) is 12.9. The molecule has 2 rings (SSSR count). The van der Waals surface area contributed by atoms with E-state index in [2.05, 4.69) is 10.1 Å². The summed E-state index contributed by atoms with van der Waals surface area (Å²) in [5.41, 5.74) is -0.268. The lowest BCUT2D eigenvalue weighted by atomic mass is 10.2. The van der Waals surface area contributed by atoms with Crippen LogP contribution in [0.25, 0.3) is 6.08 Å². The summed E-state index contributed by atoms with van der Waals surface area (Å²) in [5.74, 6) is -3.50. The van der Waals surface area contributed by atoms with Crippen LogP contribution in [0.5, 0.6) is 0 Å². The van der Waals surface area contributed by atoms with Gasteiger partial charge in [-0.15, -0.1) is 0 Å². The highest BCUT2D eigenvalue weighted by Crippen LogP contribution is 2.25. The van der Waals surface area contributed by atoms with Crippen LogP contribution in [0.4, 0.5) is 20.2 Å². The lowest BCUT2D eigenvalue weighted by Gasteiger charge is -2.06. The fourth-order valence-corrected chi connectivity index (χ4v) is 2.09. The van der Waals surface area contributed by atoms with E-state index < -0.39 is 35.0 Å². The molecule has 1 N–H and O–H groups in total. The summed E-state index contributed by atoms with van der Waals surface area (Å²) in [6, 6.07) is 6.49. The summed E-state index contributed by atoms with van der Waals surface area (Å²) < 4.78 is 30.9. The van der Waals surface area contributed by atoms with Crippen molar-refractivity contribution in [1.29, 1.82) is 0 Å². The van der Waals surface area contributed by atoms with Crippen LogP contribution in [-0.2, 0) is 14.3 Å². The van der Waals surface area contributed by atoms with E-state index in [1.165, 1.54) is 18.2 Å². The maximum atomic E-state index is 13.4. The predicted octanol–water partition coefficient (Wildman–Crippen LogP) is 3.72. The summed E-state index contributed by atoms with van der Waals surface area (Å²) in [7, 11) is 0. The summed E-state index contributed by atoms with van der Waals surface area (Å²) >= 11 is 5.68. The van der Waals surface area contributed by atoms with Gasteiger partial charge < -0.3 is 10.1 Å². The zero-order chi connectivity index (χ0) is 20.0. The first-order chi connectivity index (χ1) is 12.8. The van der Waals surface area contributed by atoms with E-state index in [1.54, 1.807) is 0 Å². The Labute approximate surface area is 156 Å². The molecule has 0 atom stereocenters. The van der Waals surface area contributed by atoms with E-state index in [1.807, 2.05) is 0 Å². The first-order valence-corrected chi connectivity index (χ1v) is 7.68. The number of nitrogens with zero attached hydrogens (tertiary/aromatic N) is 1. The number of ether oxygens (including phenoxy) is 1. The molecule has 0 unspecified atom stereocenters. The molecule has 0 aromatic heterocycles. The van der Waals surface area contributed by atoms with Gasteiger partial charge in [-0.1, -0.05) is 17.7 Å². The summed E-state index contributed by atoms with van der Waals surface area (Å²) in [6.45, 7) is -0.708. The predicted molar refractivity (Wildman–Crippen MR) is 93.1 cm³/mol. The number of carbonyl (C=O) groups excluding carboxylic acids is 2. The second-order valence-corrected chi connectivity index (χ2v) is 5.49. The van der Waals surface area contributed by atoms with Gasteiger partial charge in [-0.05, 0) is 29.8 Å². The lowest BCUT2D eigenvalue weighted by Crippen LogP contribution is -2.20. The third kappa shape index (κ3) is 5.86. The van der Waals surface area contributed by atoms with Crippen molar-refractivity contribution in [2.75, 3.05) is 11.9 Å². The van der Waals surface area contributed by atoms with Crippen molar-refractivity contribution in [2.24, 2.45) is 0 Å². The van der Waals surface area contributed by atoms with Crippen LogP contribution in [0.2, 0.25) is 5.02 Å². The summed E-state index contributed by atoms with van der Waals surface area (Å²) in [6.07, 6.45) is 2.20. The van der Waals surface area contributed by atoms with Crippen molar-refractivity contribution < 1.29 is 28.0 Å². The van der Waals surface area contributed by atoms with Gasteiger partial charge in [-0.2, -0.15) is 0 Å². The standard InChI is InChI=1S/C17H11ClF2N2O5/c18-12-4-1-10(7-15(12)22(25)26)2-6-17(24)27-9-16(23)21-14-5-3-11(19)8-13(14)20/h1-8H,9H2,(H,21,23)/b6-2+. The Hall–Kier alpha value is -3.33. The van der Waals surface area contributed by atoms with Gasteiger partial charge in [0.25, 0.3) is 11.6 Å². The maximum Gasteiger partial charge on any atom is 0.331 e. The molecular formula is C17H11ClF2N2O5. The molecule has 0 aliphatic carbocycles. The minimum atomic E-state index is -0.973. The maximum absolute atomic E-state index is 13.4. The number of nitrogens with one attached hydrogen (secondary N) is 1. The smallest absolute Gasteiger partial charge is 0.331 e. The number of anilines is 1. The Balaban J connectivity index is 1.90. The van der Waals surface area contributed by atoms with Crippen molar-refractivity contribution in [2.45, 2.75) is 0 Å². The highest BCUT2D eigenvalue weighted by molar-refractivity contribution is 6.32. The van der Waals surface area contributed by atoms with E-state index in [-0.39, 0.29) is 16.4 Å². The second-order valence-electron chi connectivity index (χ2n) is 5.08. The highest BCUT2D eigenvalue weighted by atomic mass is 35.5. The zero-order valence-corrected chi connectivity index (χ0v) is 14.2. The number of amides is 1. The minimum absolute atomic E-state index is 0.0515. The SMILES string of the molecule is O=C(COC(=O)/C=C/c1ccc(Cl)c([N+](=O)[O-])c1)Nc1ccc(F)cc1F. The quantitative estimate of drug-likeness (QED) is 0.347. The van der Waals surface area contributed by atoms with Gasteiger partial charge in [0.05, 0.1) is 10.6 Å². The lowest BCUT2D eigenvalue weighted by molar-refractivity contribution is -0.384. The van der Waals surface area contributed by atoms with E-state index in [0.717, 1.165) is 24.3 Å². The number of hydrogen-bond acceptors (Lipinski definition) is 5. The van der Waals surface area contributed by atoms with Gasteiger partial charge >= 0.3 is 5.97 Å². The van der Waals surface area contributed by atoms with Crippen LogP contribution in [0.1, 0.15) is 5.56 Å². The van der Waals surface area contributed by atoms with Gasteiger partial charge in [-0.25, -0.2) is 13.6 Å². The third-order valence-corrected chi connectivity index (χ3v) is 3.45. The van der Waals surface area contributed by atoms with Crippen molar-refractivity contribution >= 4 is 40.9 Å². The fourth-order valence-electron chi connectivity index (χ4n) is 1.90. The van der Waals surface area contributed by atoms with Gasteiger partial charge in [0, 0.05) is 18.2 Å². The Morgan fingerprint density at radius 1 is 1.22 bits per heavy atom. The monoisotopic (exact) mass is 396 g/mol. The topological polar surface area (TPSA) is 98.5 Å². The molecule has 7 nitrogen and oxygen atoms in total. The van der Waals surface area contributed by atoms with Crippen molar-refractivity contribution in [3.8, 4) is 0 Å². The van der Waals surface area contributed by atoms with Gasteiger partial charge in [-0.3, -0.25) is 14.9 Å². The molecule has 0 saturated heterocycles. The average Bonchev–Trinajstić information content (AvgIpc) is 2.61. The third-order valence-electron chi connectivity index (χ3n) is 3.13. The number of benzene rings is 2. The zero-order valence-electron chi connectivity index (χ0n) is 13.4. The molecule has 0 radical (unpaired) electrons. The Morgan fingerprint density at radius 3 is 2.63 bits per heavy atom. The molecule has 0 spiro atoms. The fraction of sp³-hybridized carbons (Fsp3) is 0.0588. The van der Waals surface area contributed by atoms with Crippen LogP contribution in [0.3, 0.4) is 0 Å². The molecule has 10 heteroatoms. The van der Waals surface area contributed by atoms with Gasteiger partial charge in [0.1, 0.15) is 16.7 Å². The number of carbonyl (C=O) groups is 2. The van der Waals surface area contributed by atoms with Gasteiger partial charge in [0.15, 0.2) is 6.61 Å². The van der Waals surface area contributed by atoms with E-state index >= 15 is 0 Å². The molecule has 2 aromatic carbocycles. The number of hydrogen-bond donors (Lipinski definition) is 1. The van der Waals surface area contributed by atoms with Crippen LogP contribution in [0, 0.1) is 21.7 Å². The van der Waals surface area contributed by atoms with Crippen LogP contribution in [0.15, 0.2) is 42.5 Å². The molecule has 0 bridgehead atoms. The number of rotatable bonds is 6. The molecule has 0 aliphatic rings. The molecule has 0 heterocycles. The Bertz CT molecular complexity index is 934. The first-order valence-electron chi connectivity index (χ1n) is 7.30. The second kappa shape index (κ2) is 8.86. The van der Waals surface area contributed by atoms with E-state index in [4.69, 9.17) is 11.6 Å². The molecule has 0 saturated carbocycles. The summed E-state index contributed by atoms with van der Waals surface area (Å²) in [4.78, 5) is 33.3. The molecule has 2 aromatic rings. The average molecular weight is 397 g/mol. The molecular weight excluding hydrogens is 386 g/mol. The minimum Gasteiger partial charge on any atom is -0.452 e. The molecule has 27 heavy (non-hydrogen) atoms. The van der Waals surface area contributed by atoms with Crippen molar-refractivity contribution in [1.82, 2.24) is 0 Å². The molecule has 0 fully saturated rings. The Kier molecular flexibility index (Phi) is 6.56. The van der Waals surface area contributed by atoms with Crippen LogP contribution < -0.4 is 5.32 Å². The normalized spacial score (nSPS) is 10.6. The van der Waals surface area contributed by atoms with Gasteiger partial charge in [0.2, 0.25) is 0 Å². The molecule has 0 aliphatic heterocycles. The van der Waals surface area contributed by atoms with Crippen molar-refractivity contribution in [3.63, 3.8) is 0 Å². The first kappa shape index (κ1) is 20.0. The largest absolute Gasteiger partial charge is 0.452 e. The number of esters is 1. The number of nitro benzene ring substituents is 1. The Morgan fingerprint density at radius 2 is 1.96 bits per heavy atom. The molecule has 140 valence electrons. The number of halogens is 3. The molecule has 1 amide bonds. The van der Waals surface area contributed by atoms with E-state index in [9.17, 15) is 28.5 Å². The van der Waals surface area contributed by atoms with Crippen molar-refractivity contribution in [3.05, 3.63) is 74.8 Å². The van der Waals surface area contributed by atoms with E-state index in [0.29, 0.717) is 11.6 Å². The highest BCUT2D eigenvalue weighted by Gasteiger charge is 2.12. The number of nitro groups is 1. The van der Waals surface area contributed by atoms with Crippen LogP contribution in [-0.4, -0.2) is 23.4 Å².